The topological polar surface area (TPSA) is 43.1 Å². The molecule has 0 radical (unpaired) electrons. The molecule has 2 heterocycles. The van der Waals surface area contributed by atoms with Gasteiger partial charge >= 0.3 is 6.18 Å². The third-order valence-electron chi connectivity index (χ3n) is 3.68. The number of halogens is 3. The van der Waals surface area contributed by atoms with E-state index in [0.717, 1.165) is 22.7 Å². The summed E-state index contributed by atoms with van der Waals surface area (Å²) >= 11 is 1.37. The van der Waals surface area contributed by atoms with Crippen LogP contribution in [-0.2, 0) is 12.6 Å². The van der Waals surface area contributed by atoms with Gasteiger partial charge < -0.3 is 0 Å². The quantitative estimate of drug-likeness (QED) is 0.542. The maximum absolute atomic E-state index is 12.9. The number of hydrogen-bond acceptors (Lipinski definition) is 4. The lowest BCUT2D eigenvalue weighted by molar-refractivity contribution is -0.137. The Morgan fingerprint density at radius 1 is 0.960 bits per heavy atom. The van der Waals surface area contributed by atoms with Crippen molar-refractivity contribution in [1.82, 2.24) is 19.8 Å². The van der Waals surface area contributed by atoms with Crippen LogP contribution in [0.25, 0.3) is 16.3 Å². The second-order valence-corrected chi connectivity index (χ2v) is 6.50. The van der Waals surface area contributed by atoms with Gasteiger partial charge in [0.05, 0.1) is 5.56 Å². The first-order valence-corrected chi connectivity index (χ1v) is 8.25. The molecule has 0 saturated carbocycles. The summed E-state index contributed by atoms with van der Waals surface area (Å²) in [5, 5.41) is 13.3. The minimum atomic E-state index is -4.40. The van der Waals surface area contributed by atoms with E-state index < -0.39 is 11.7 Å². The lowest BCUT2D eigenvalue weighted by atomic mass is 10.1. The van der Waals surface area contributed by atoms with Gasteiger partial charge in [-0.15, -0.1) is 10.2 Å². The number of nitrogens with zero attached hydrogens (tertiary/aromatic N) is 4. The number of rotatable bonds is 3. The Kier molecular flexibility index (Phi) is 3.76. The van der Waals surface area contributed by atoms with Crippen molar-refractivity contribution in [2.75, 3.05) is 0 Å². The summed E-state index contributed by atoms with van der Waals surface area (Å²) in [4.78, 5) is 0.554. The molecule has 0 fully saturated rings. The molecule has 2 aromatic carbocycles. The number of aromatic nitrogens is 4. The standard InChI is InChI=1S/C17H11F3N4S/c18-17(19,20)13-8-4-7-12(10-13)15-21-22-16-24(15)23-14(25-16)9-11-5-2-1-3-6-11/h1-8,10H,9H2. The fourth-order valence-electron chi connectivity index (χ4n) is 2.51. The first-order chi connectivity index (χ1) is 12.0. The van der Waals surface area contributed by atoms with Crippen LogP contribution in [0.3, 0.4) is 0 Å². The summed E-state index contributed by atoms with van der Waals surface area (Å²) in [6.45, 7) is 0. The molecule has 4 aromatic rings. The highest BCUT2D eigenvalue weighted by atomic mass is 32.1. The Labute approximate surface area is 144 Å². The van der Waals surface area contributed by atoms with E-state index in [4.69, 9.17) is 0 Å². The van der Waals surface area contributed by atoms with Crippen molar-refractivity contribution in [2.45, 2.75) is 12.6 Å². The zero-order valence-electron chi connectivity index (χ0n) is 12.7. The molecule has 0 aliphatic rings. The first kappa shape index (κ1) is 15.8. The van der Waals surface area contributed by atoms with E-state index in [1.165, 1.54) is 21.9 Å². The Balaban J connectivity index is 1.72. The van der Waals surface area contributed by atoms with Gasteiger partial charge in [-0.3, -0.25) is 0 Å². The second-order valence-electron chi connectivity index (χ2n) is 5.45. The van der Waals surface area contributed by atoms with Gasteiger partial charge in [-0.1, -0.05) is 53.8 Å². The second kappa shape index (κ2) is 5.96. The van der Waals surface area contributed by atoms with Crippen LogP contribution >= 0.6 is 11.3 Å². The predicted octanol–water partition coefficient (Wildman–Crippen LogP) is 4.46. The summed E-state index contributed by atoms with van der Waals surface area (Å²) in [6, 6.07) is 14.8. The highest BCUT2D eigenvalue weighted by Crippen LogP contribution is 2.32. The summed E-state index contributed by atoms with van der Waals surface area (Å²) in [6.07, 6.45) is -3.77. The normalized spacial score (nSPS) is 12.0. The van der Waals surface area contributed by atoms with Gasteiger partial charge in [0.1, 0.15) is 5.01 Å². The van der Waals surface area contributed by atoms with Crippen LogP contribution < -0.4 is 0 Å². The van der Waals surface area contributed by atoms with Gasteiger partial charge in [-0.2, -0.15) is 22.8 Å². The average molecular weight is 360 g/mol. The van der Waals surface area contributed by atoms with Crippen molar-refractivity contribution in [3.05, 3.63) is 70.7 Å². The van der Waals surface area contributed by atoms with Gasteiger partial charge in [-0.25, -0.2) is 0 Å². The van der Waals surface area contributed by atoms with Gasteiger partial charge in [0.2, 0.25) is 4.96 Å². The largest absolute Gasteiger partial charge is 0.416 e. The van der Waals surface area contributed by atoms with Crippen LogP contribution in [0.5, 0.6) is 0 Å². The number of benzene rings is 2. The average Bonchev–Trinajstić information content (AvgIpc) is 3.15. The molecule has 0 bridgehead atoms. The van der Waals surface area contributed by atoms with Crippen molar-refractivity contribution in [1.29, 1.82) is 0 Å². The van der Waals surface area contributed by atoms with Crippen molar-refractivity contribution < 1.29 is 13.2 Å². The number of alkyl halides is 3. The third-order valence-corrected chi connectivity index (χ3v) is 4.58. The minimum absolute atomic E-state index is 0.302. The smallest absolute Gasteiger partial charge is 0.183 e. The van der Waals surface area contributed by atoms with Crippen molar-refractivity contribution >= 4 is 16.3 Å². The van der Waals surface area contributed by atoms with Crippen molar-refractivity contribution in [2.24, 2.45) is 0 Å². The molecule has 0 N–H and O–H groups in total. The van der Waals surface area contributed by atoms with Gasteiger partial charge in [0, 0.05) is 12.0 Å². The van der Waals surface area contributed by atoms with E-state index in [1.807, 2.05) is 30.3 Å². The Hall–Kier alpha value is -2.74. The van der Waals surface area contributed by atoms with E-state index in [0.29, 0.717) is 22.8 Å². The Morgan fingerprint density at radius 2 is 1.76 bits per heavy atom. The molecular formula is C17H11F3N4S. The molecule has 0 saturated heterocycles. The van der Waals surface area contributed by atoms with Crippen molar-refractivity contribution in [3.8, 4) is 11.4 Å². The molecule has 0 aliphatic carbocycles. The molecule has 4 rings (SSSR count). The fraction of sp³-hybridized carbons (Fsp3) is 0.118. The van der Waals surface area contributed by atoms with Gasteiger partial charge in [0.25, 0.3) is 0 Å². The number of fused-ring (bicyclic) bond motifs is 1. The van der Waals surface area contributed by atoms with Crippen LogP contribution in [0.4, 0.5) is 13.2 Å². The minimum Gasteiger partial charge on any atom is -0.183 e. The van der Waals surface area contributed by atoms with Gasteiger partial charge in [0.15, 0.2) is 5.82 Å². The van der Waals surface area contributed by atoms with Crippen LogP contribution in [0, 0.1) is 0 Å². The van der Waals surface area contributed by atoms with E-state index >= 15 is 0 Å². The van der Waals surface area contributed by atoms with E-state index in [9.17, 15) is 13.2 Å². The lowest BCUT2D eigenvalue weighted by Gasteiger charge is -2.07. The van der Waals surface area contributed by atoms with E-state index in [2.05, 4.69) is 15.3 Å². The highest BCUT2D eigenvalue weighted by molar-refractivity contribution is 7.16. The lowest BCUT2D eigenvalue weighted by Crippen LogP contribution is -2.05. The van der Waals surface area contributed by atoms with Crippen LogP contribution in [0.1, 0.15) is 16.1 Å². The zero-order valence-corrected chi connectivity index (χ0v) is 13.6. The number of hydrogen-bond donors (Lipinski definition) is 0. The molecule has 4 nitrogen and oxygen atoms in total. The summed E-state index contributed by atoms with van der Waals surface area (Å²) in [7, 11) is 0. The predicted molar refractivity (Wildman–Crippen MR) is 88.3 cm³/mol. The molecule has 25 heavy (non-hydrogen) atoms. The third kappa shape index (κ3) is 3.12. The zero-order chi connectivity index (χ0) is 17.4. The van der Waals surface area contributed by atoms with Crippen LogP contribution in [0.15, 0.2) is 54.6 Å². The molecule has 2 aromatic heterocycles. The monoisotopic (exact) mass is 360 g/mol. The highest BCUT2D eigenvalue weighted by Gasteiger charge is 2.31. The van der Waals surface area contributed by atoms with E-state index in [-0.39, 0.29) is 0 Å². The molecule has 0 unspecified atom stereocenters. The van der Waals surface area contributed by atoms with Crippen LogP contribution in [0.2, 0.25) is 0 Å². The summed E-state index contributed by atoms with van der Waals surface area (Å²) < 4.78 is 40.2. The van der Waals surface area contributed by atoms with Crippen LogP contribution in [-0.4, -0.2) is 19.8 Å². The fourth-order valence-corrected chi connectivity index (χ4v) is 3.38. The first-order valence-electron chi connectivity index (χ1n) is 7.43. The molecule has 0 aliphatic heterocycles. The van der Waals surface area contributed by atoms with Crippen molar-refractivity contribution in [3.63, 3.8) is 0 Å². The molecule has 0 amide bonds. The SMILES string of the molecule is FC(F)(F)c1cccc(-c2nnc3sc(Cc4ccccc4)nn23)c1. The molecule has 0 atom stereocenters. The maximum atomic E-state index is 12.9. The summed E-state index contributed by atoms with van der Waals surface area (Å²) in [5.74, 6) is 0.302. The molecule has 0 spiro atoms. The van der Waals surface area contributed by atoms with Gasteiger partial charge in [-0.05, 0) is 17.7 Å². The molecular weight excluding hydrogens is 349 g/mol. The molecule has 126 valence electrons. The van der Waals surface area contributed by atoms with E-state index in [1.54, 1.807) is 6.07 Å². The maximum Gasteiger partial charge on any atom is 0.416 e. The Bertz CT molecular complexity index is 1020. The summed E-state index contributed by atoms with van der Waals surface area (Å²) in [5.41, 5.74) is 0.716. The Morgan fingerprint density at radius 3 is 2.52 bits per heavy atom. The molecule has 8 heteroatoms.